The molecule has 0 unspecified atom stereocenters. The molecule has 1 aromatic carbocycles. The Morgan fingerprint density at radius 3 is 2.54 bits per heavy atom. The summed E-state index contributed by atoms with van der Waals surface area (Å²) in [6.07, 6.45) is 0.0449. The van der Waals surface area contributed by atoms with Gasteiger partial charge in [0.05, 0.1) is 18.3 Å². The van der Waals surface area contributed by atoms with Crippen molar-refractivity contribution in [2.24, 2.45) is 14.1 Å². The van der Waals surface area contributed by atoms with Crippen LogP contribution in [0.5, 0.6) is 5.75 Å². The summed E-state index contributed by atoms with van der Waals surface area (Å²) in [5.74, 6) is 0.273. The van der Waals surface area contributed by atoms with Crippen molar-refractivity contribution >= 4 is 11.5 Å². The molecule has 0 bridgehead atoms. The molecular weight excluding hydrogens is 358 g/mol. The molecule has 0 radical (unpaired) electrons. The topological polar surface area (TPSA) is 71.7 Å². The van der Waals surface area contributed by atoms with Crippen molar-refractivity contribution in [3.05, 3.63) is 51.2 Å². The van der Waals surface area contributed by atoms with E-state index in [2.05, 4.69) is 5.32 Å². The molecule has 152 valence electrons. The maximum absolute atomic E-state index is 12.1. The van der Waals surface area contributed by atoms with Crippen molar-refractivity contribution in [1.82, 2.24) is 14.0 Å². The van der Waals surface area contributed by atoms with Crippen LogP contribution in [0.15, 0.2) is 39.9 Å². The van der Waals surface area contributed by atoms with Crippen molar-refractivity contribution in [2.75, 3.05) is 56.4 Å². The van der Waals surface area contributed by atoms with Gasteiger partial charge in [0.25, 0.3) is 5.56 Å². The predicted octanol–water partition coefficient (Wildman–Crippen LogP) is 0.717. The van der Waals surface area contributed by atoms with E-state index < -0.39 is 37.2 Å². The minimum atomic E-state index is -3.01. The Morgan fingerprint density at radius 2 is 1.82 bits per heavy atom. The van der Waals surface area contributed by atoms with E-state index in [1.807, 2.05) is 0 Å². The molecule has 0 spiro atoms. The van der Waals surface area contributed by atoms with E-state index in [0.29, 0.717) is 9.80 Å². The standard InChI is InChI=1S/C20H29N5O3/c1-22-18(15-19(26)23(2)20(22)27)21-9-6-10-24-11-13-25(14-12-24)16-7-4-5-8-17(16)28-3/h4-5,7-8,15,21H,6,9-14H2,1-3H3/i11D2,12D2,13D2,14D2. The summed E-state index contributed by atoms with van der Waals surface area (Å²) < 4.78 is 76.0. The van der Waals surface area contributed by atoms with Crippen molar-refractivity contribution in [3.63, 3.8) is 0 Å². The van der Waals surface area contributed by atoms with Gasteiger partial charge in [-0.25, -0.2) is 4.79 Å². The molecule has 1 aliphatic heterocycles. The smallest absolute Gasteiger partial charge is 0.332 e. The number of nitrogens with zero attached hydrogens (tertiary/aromatic N) is 4. The Morgan fingerprint density at radius 1 is 1.11 bits per heavy atom. The lowest BCUT2D eigenvalue weighted by molar-refractivity contribution is 0.256. The van der Waals surface area contributed by atoms with E-state index >= 15 is 0 Å². The van der Waals surface area contributed by atoms with Crippen LogP contribution < -0.4 is 26.2 Å². The van der Waals surface area contributed by atoms with E-state index in [0.717, 1.165) is 4.57 Å². The molecule has 2 heterocycles. The van der Waals surface area contributed by atoms with E-state index in [1.165, 1.54) is 50.0 Å². The molecule has 1 saturated heterocycles. The van der Waals surface area contributed by atoms with Gasteiger partial charge in [-0.2, -0.15) is 0 Å². The van der Waals surface area contributed by atoms with Gasteiger partial charge in [-0.1, -0.05) is 12.1 Å². The molecule has 28 heavy (non-hydrogen) atoms. The summed E-state index contributed by atoms with van der Waals surface area (Å²) in [5, 5.41) is 2.87. The first-order chi connectivity index (χ1) is 16.5. The first-order valence-corrected chi connectivity index (χ1v) is 8.75. The number of ether oxygens (including phenoxy) is 1. The Hall–Kier alpha value is -2.74. The van der Waals surface area contributed by atoms with Crippen molar-refractivity contribution < 1.29 is 15.7 Å². The number of anilines is 2. The van der Waals surface area contributed by atoms with Gasteiger partial charge in [-0.05, 0) is 25.1 Å². The number of hydrogen-bond acceptors (Lipinski definition) is 6. The van der Waals surface area contributed by atoms with Gasteiger partial charge >= 0.3 is 5.69 Å². The third-order valence-electron chi connectivity index (χ3n) is 4.31. The Bertz CT molecular complexity index is 1220. The summed E-state index contributed by atoms with van der Waals surface area (Å²) in [6, 6.07) is 7.09. The zero-order chi connectivity index (χ0) is 27.3. The Kier molecular flexibility index (Phi) is 3.83. The highest BCUT2D eigenvalue weighted by Crippen LogP contribution is 2.28. The van der Waals surface area contributed by atoms with Crippen LogP contribution in [0, 0.1) is 0 Å². The molecule has 1 aromatic heterocycles. The fourth-order valence-corrected chi connectivity index (χ4v) is 2.68. The Balaban J connectivity index is 1.90. The third kappa shape index (κ3) is 4.39. The van der Waals surface area contributed by atoms with Gasteiger partial charge in [0.15, 0.2) is 0 Å². The zero-order valence-electron chi connectivity index (χ0n) is 24.0. The second-order valence-electron chi connectivity index (χ2n) is 6.15. The average molecular weight is 396 g/mol. The summed E-state index contributed by atoms with van der Waals surface area (Å²) >= 11 is 0. The van der Waals surface area contributed by atoms with Crippen molar-refractivity contribution in [3.8, 4) is 5.75 Å². The molecule has 2 aromatic rings. The normalized spacial score (nSPS) is 26.3. The summed E-state index contributed by atoms with van der Waals surface area (Å²) in [7, 11) is 4.10. The van der Waals surface area contributed by atoms with E-state index in [4.69, 9.17) is 15.7 Å². The van der Waals surface area contributed by atoms with Crippen LogP contribution in [-0.2, 0) is 14.1 Å². The molecule has 3 rings (SSSR count). The lowest BCUT2D eigenvalue weighted by Crippen LogP contribution is -2.47. The first kappa shape index (κ1) is 12.0. The molecule has 1 fully saturated rings. The molecule has 8 nitrogen and oxygen atoms in total. The molecular formula is C20H29N5O3. The van der Waals surface area contributed by atoms with Crippen LogP contribution in [0.25, 0.3) is 0 Å². The third-order valence-corrected chi connectivity index (χ3v) is 4.31. The van der Waals surface area contributed by atoms with Crippen molar-refractivity contribution in [2.45, 2.75) is 6.42 Å². The molecule has 0 aliphatic carbocycles. The van der Waals surface area contributed by atoms with Gasteiger partial charge in [0.2, 0.25) is 0 Å². The van der Waals surface area contributed by atoms with Gasteiger partial charge in [0.1, 0.15) is 11.6 Å². The van der Waals surface area contributed by atoms with Gasteiger partial charge in [-0.3, -0.25) is 18.8 Å². The summed E-state index contributed by atoms with van der Waals surface area (Å²) in [6.45, 7) is -12.3. The summed E-state index contributed by atoms with van der Waals surface area (Å²) in [5.41, 5.74) is -1.20. The molecule has 0 atom stereocenters. The SMILES string of the molecule is [2H]C1([2H])N(CCCNc2cc(=O)n(C)c(=O)n2C)C([2H])([2H])C([2H])([2H])N(c2ccccc2OC)C1([2H])[2H]. The van der Waals surface area contributed by atoms with Crippen LogP contribution in [0.3, 0.4) is 0 Å². The first-order valence-electron chi connectivity index (χ1n) is 12.8. The lowest BCUT2D eigenvalue weighted by Gasteiger charge is -2.36. The van der Waals surface area contributed by atoms with Crippen LogP contribution in [0.4, 0.5) is 11.5 Å². The molecule has 8 heteroatoms. The maximum atomic E-state index is 12.1. The quantitative estimate of drug-likeness (QED) is 0.697. The van der Waals surface area contributed by atoms with Crippen molar-refractivity contribution in [1.29, 1.82) is 0 Å². The average Bonchev–Trinajstić information content (AvgIpc) is 2.79. The molecule has 0 amide bonds. The second kappa shape index (κ2) is 8.97. The Labute approximate surface area is 176 Å². The van der Waals surface area contributed by atoms with E-state index in [-0.39, 0.29) is 36.8 Å². The number of nitrogens with one attached hydrogen (secondary N) is 1. The lowest BCUT2D eigenvalue weighted by atomic mass is 10.2. The number of hydrogen-bond donors (Lipinski definition) is 1. The monoisotopic (exact) mass is 395 g/mol. The van der Waals surface area contributed by atoms with Crippen LogP contribution in [-0.4, -0.2) is 60.2 Å². The van der Waals surface area contributed by atoms with E-state index in [1.54, 1.807) is 6.07 Å². The minimum Gasteiger partial charge on any atom is -0.495 e. The molecule has 1 N–H and O–H groups in total. The highest BCUT2D eigenvalue weighted by molar-refractivity contribution is 5.58. The number of methoxy groups -OCH3 is 1. The second-order valence-corrected chi connectivity index (χ2v) is 6.15. The minimum absolute atomic E-state index is 0.0449. The number of rotatable bonds is 7. The number of para-hydroxylation sites is 2. The number of aromatic nitrogens is 2. The highest BCUT2D eigenvalue weighted by Gasteiger charge is 2.19. The number of benzene rings is 1. The van der Waals surface area contributed by atoms with Crippen LogP contribution in [0.2, 0.25) is 0 Å². The fraction of sp³-hybridized carbons (Fsp3) is 0.500. The van der Waals surface area contributed by atoms with Crippen LogP contribution in [0.1, 0.15) is 17.4 Å². The van der Waals surface area contributed by atoms with Gasteiger partial charge < -0.3 is 15.0 Å². The maximum Gasteiger partial charge on any atom is 0.332 e. The van der Waals surface area contributed by atoms with Crippen LogP contribution >= 0.6 is 0 Å². The molecule has 0 saturated carbocycles. The largest absolute Gasteiger partial charge is 0.495 e. The predicted molar refractivity (Wildman–Crippen MR) is 112 cm³/mol. The number of piperazine rings is 1. The van der Waals surface area contributed by atoms with Gasteiger partial charge in [-0.15, -0.1) is 0 Å². The zero-order valence-corrected chi connectivity index (χ0v) is 16.0. The highest BCUT2D eigenvalue weighted by atomic mass is 16.5. The summed E-state index contributed by atoms with van der Waals surface area (Å²) in [4.78, 5) is 25.0. The molecule has 1 aliphatic rings. The van der Waals surface area contributed by atoms with E-state index in [9.17, 15) is 9.59 Å². The van der Waals surface area contributed by atoms with Gasteiger partial charge in [0, 0.05) is 58.2 Å². The fourth-order valence-electron chi connectivity index (χ4n) is 2.68.